The molecule has 2 aromatic heterocycles. The fraction of sp³-hybridized carbons (Fsp3) is 0.462. The normalized spacial score (nSPS) is 12.7. The van der Waals surface area contributed by atoms with Crippen molar-refractivity contribution in [2.45, 2.75) is 37.2 Å². The molecule has 0 saturated carbocycles. The standard InChI is InChI=1S/C13H19N5OS/c1-9(2)18-11(5-6-15-18)16-12(19)10(3)20-13-14-7-8-17(13)4/h5-10H,1-4H3,(H,16,19)/t10-/m1/s1. The first kappa shape index (κ1) is 14.6. The molecule has 0 aliphatic rings. The summed E-state index contributed by atoms with van der Waals surface area (Å²) in [4.78, 5) is 16.4. The van der Waals surface area contributed by atoms with Crippen LogP contribution in [0.3, 0.4) is 0 Å². The fourth-order valence-electron chi connectivity index (χ4n) is 1.73. The van der Waals surface area contributed by atoms with Crippen LogP contribution in [0.2, 0.25) is 0 Å². The summed E-state index contributed by atoms with van der Waals surface area (Å²) in [5.41, 5.74) is 0. The van der Waals surface area contributed by atoms with Crippen molar-refractivity contribution in [1.29, 1.82) is 0 Å². The summed E-state index contributed by atoms with van der Waals surface area (Å²) >= 11 is 1.43. The molecular formula is C13H19N5OS. The lowest BCUT2D eigenvalue weighted by Crippen LogP contribution is -2.24. The zero-order valence-electron chi connectivity index (χ0n) is 12.1. The largest absolute Gasteiger partial charge is 0.329 e. The predicted molar refractivity (Wildman–Crippen MR) is 79.8 cm³/mol. The molecule has 6 nitrogen and oxygen atoms in total. The number of hydrogen-bond acceptors (Lipinski definition) is 4. The quantitative estimate of drug-likeness (QED) is 0.859. The topological polar surface area (TPSA) is 64.7 Å². The van der Waals surface area contributed by atoms with Crippen molar-refractivity contribution >= 4 is 23.5 Å². The monoisotopic (exact) mass is 293 g/mol. The zero-order valence-corrected chi connectivity index (χ0v) is 12.9. The van der Waals surface area contributed by atoms with Gasteiger partial charge in [0, 0.05) is 31.5 Å². The van der Waals surface area contributed by atoms with Crippen LogP contribution in [0.15, 0.2) is 29.8 Å². The van der Waals surface area contributed by atoms with Gasteiger partial charge in [-0.15, -0.1) is 0 Å². The molecule has 0 aliphatic heterocycles. The molecule has 108 valence electrons. The van der Waals surface area contributed by atoms with E-state index in [0.717, 1.165) is 11.0 Å². The summed E-state index contributed by atoms with van der Waals surface area (Å²) < 4.78 is 3.68. The Bertz CT molecular complexity index is 589. The number of aryl methyl sites for hydroxylation is 1. The smallest absolute Gasteiger partial charge is 0.238 e. The second-order valence-electron chi connectivity index (χ2n) is 4.82. The van der Waals surface area contributed by atoms with E-state index in [9.17, 15) is 4.79 Å². The van der Waals surface area contributed by atoms with Gasteiger partial charge in [0.1, 0.15) is 5.82 Å². The maximum absolute atomic E-state index is 12.2. The number of amides is 1. The van der Waals surface area contributed by atoms with Gasteiger partial charge in [0.25, 0.3) is 0 Å². The van der Waals surface area contributed by atoms with Gasteiger partial charge in [0.05, 0.1) is 11.4 Å². The average Bonchev–Trinajstić information content (AvgIpc) is 2.99. The number of carbonyl (C=O) groups excluding carboxylic acids is 1. The third-order valence-corrected chi connectivity index (χ3v) is 4.01. The molecule has 0 bridgehead atoms. The molecule has 0 spiro atoms. The minimum atomic E-state index is -0.230. The van der Waals surface area contributed by atoms with Crippen LogP contribution >= 0.6 is 11.8 Å². The van der Waals surface area contributed by atoms with Gasteiger partial charge in [-0.25, -0.2) is 9.67 Å². The molecule has 2 heterocycles. The van der Waals surface area contributed by atoms with Crippen molar-refractivity contribution in [3.8, 4) is 0 Å². The number of nitrogens with zero attached hydrogens (tertiary/aromatic N) is 4. The van der Waals surface area contributed by atoms with Crippen LogP contribution in [-0.4, -0.2) is 30.5 Å². The summed E-state index contributed by atoms with van der Waals surface area (Å²) in [6.45, 7) is 5.91. The SMILES string of the molecule is CC(C)n1nccc1NC(=O)[C@@H](C)Sc1nccn1C. The Hall–Kier alpha value is -1.76. The van der Waals surface area contributed by atoms with Gasteiger partial charge in [0.2, 0.25) is 5.91 Å². The first-order valence-corrected chi connectivity index (χ1v) is 7.35. The van der Waals surface area contributed by atoms with Gasteiger partial charge >= 0.3 is 0 Å². The van der Waals surface area contributed by atoms with Gasteiger partial charge in [-0.05, 0) is 20.8 Å². The van der Waals surface area contributed by atoms with E-state index in [0.29, 0.717) is 0 Å². The summed E-state index contributed by atoms with van der Waals surface area (Å²) in [5, 5.41) is 7.70. The van der Waals surface area contributed by atoms with Crippen LogP contribution in [-0.2, 0) is 11.8 Å². The lowest BCUT2D eigenvalue weighted by Gasteiger charge is -2.14. The number of nitrogens with one attached hydrogen (secondary N) is 1. The Morgan fingerprint density at radius 2 is 2.10 bits per heavy atom. The fourth-order valence-corrected chi connectivity index (χ4v) is 2.56. The van der Waals surface area contributed by atoms with Crippen molar-refractivity contribution in [3.63, 3.8) is 0 Å². The Labute approximate surface area is 122 Å². The molecule has 1 N–H and O–H groups in total. The van der Waals surface area contributed by atoms with E-state index in [2.05, 4.69) is 15.4 Å². The van der Waals surface area contributed by atoms with E-state index >= 15 is 0 Å². The lowest BCUT2D eigenvalue weighted by molar-refractivity contribution is -0.115. The number of anilines is 1. The number of hydrogen-bond donors (Lipinski definition) is 1. The molecule has 2 aromatic rings. The number of carbonyl (C=O) groups is 1. The lowest BCUT2D eigenvalue weighted by atomic mass is 10.4. The summed E-state index contributed by atoms with van der Waals surface area (Å²) in [7, 11) is 1.91. The van der Waals surface area contributed by atoms with Crippen molar-refractivity contribution < 1.29 is 4.79 Å². The molecule has 7 heteroatoms. The van der Waals surface area contributed by atoms with Crippen LogP contribution < -0.4 is 5.32 Å². The highest BCUT2D eigenvalue weighted by Crippen LogP contribution is 2.22. The zero-order chi connectivity index (χ0) is 14.7. The van der Waals surface area contributed by atoms with Crippen LogP contribution in [0.5, 0.6) is 0 Å². The van der Waals surface area contributed by atoms with Crippen LogP contribution in [0.25, 0.3) is 0 Å². The van der Waals surface area contributed by atoms with Gasteiger partial charge in [-0.3, -0.25) is 4.79 Å². The van der Waals surface area contributed by atoms with Gasteiger partial charge < -0.3 is 9.88 Å². The molecular weight excluding hydrogens is 274 g/mol. The Kier molecular flexibility index (Phi) is 4.49. The Morgan fingerprint density at radius 1 is 1.35 bits per heavy atom. The molecule has 1 amide bonds. The van der Waals surface area contributed by atoms with Crippen LogP contribution in [0, 0.1) is 0 Å². The average molecular weight is 293 g/mol. The molecule has 0 unspecified atom stereocenters. The van der Waals surface area contributed by atoms with Gasteiger partial charge in [-0.1, -0.05) is 11.8 Å². The van der Waals surface area contributed by atoms with E-state index in [-0.39, 0.29) is 17.2 Å². The van der Waals surface area contributed by atoms with E-state index in [1.807, 2.05) is 38.6 Å². The van der Waals surface area contributed by atoms with Crippen LogP contribution in [0.1, 0.15) is 26.8 Å². The van der Waals surface area contributed by atoms with E-state index in [4.69, 9.17) is 0 Å². The molecule has 2 rings (SSSR count). The minimum absolute atomic E-state index is 0.0552. The third kappa shape index (κ3) is 3.22. The Balaban J connectivity index is 2.01. The number of rotatable bonds is 5. The second kappa shape index (κ2) is 6.13. The number of imidazole rings is 1. The predicted octanol–water partition coefficient (Wildman–Crippen LogP) is 2.32. The van der Waals surface area contributed by atoms with E-state index in [1.54, 1.807) is 23.1 Å². The number of aromatic nitrogens is 4. The highest BCUT2D eigenvalue weighted by molar-refractivity contribution is 8.00. The first-order valence-electron chi connectivity index (χ1n) is 6.47. The number of thioether (sulfide) groups is 1. The summed E-state index contributed by atoms with van der Waals surface area (Å²) in [6, 6.07) is 2.01. The molecule has 0 aliphatic carbocycles. The van der Waals surface area contributed by atoms with Crippen molar-refractivity contribution in [3.05, 3.63) is 24.7 Å². The molecule has 0 saturated heterocycles. The van der Waals surface area contributed by atoms with Crippen molar-refractivity contribution in [1.82, 2.24) is 19.3 Å². The van der Waals surface area contributed by atoms with E-state index < -0.39 is 0 Å². The first-order chi connectivity index (χ1) is 9.49. The minimum Gasteiger partial charge on any atom is -0.329 e. The van der Waals surface area contributed by atoms with Crippen molar-refractivity contribution in [2.75, 3.05) is 5.32 Å². The maximum atomic E-state index is 12.2. The van der Waals surface area contributed by atoms with Gasteiger partial charge in [-0.2, -0.15) is 5.10 Å². The summed E-state index contributed by atoms with van der Waals surface area (Å²) in [5.74, 6) is 0.665. The molecule has 0 radical (unpaired) electrons. The Morgan fingerprint density at radius 3 is 2.70 bits per heavy atom. The molecule has 0 fully saturated rings. The van der Waals surface area contributed by atoms with Crippen LogP contribution in [0.4, 0.5) is 5.82 Å². The molecule has 1 atom stereocenters. The maximum Gasteiger partial charge on any atom is 0.238 e. The highest BCUT2D eigenvalue weighted by atomic mass is 32.2. The second-order valence-corrected chi connectivity index (χ2v) is 6.13. The molecule has 0 aromatic carbocycles. The van der Waals surface area contributed by atoms with E-state index in [1.165, 1.54) is 11.8 Å². The third-order valence-electron chi connectivity index (χ3n) is 2.84. The highest BCUT2D eigenvalue weighted by Gasteiger charge is 2.18. The van der Waals surface area contributed by atoms with Gasteiger partial charge in [0.15, 0.2) is 5.16 Å². The van der Waals surface area contributed by atoms with Crippen molar-refractivity contribution in [2.24, 2.45) is 7.05 Å². The summed E-state index contributed by atoms with van der Waals surface area (Å²) in [6.07, 6.45) is 5.27. The molecule has 20 heavy (non-hydrogen) atoms.